The Morgan fingerprint density at radius 3 is 2.37 bits per heavy atom. The van der Waals surface area contributed by atoms with Crippen molar-refractivity contribution < 1.29 is 0 Å². The van der Waals surface area contributed by atoms with Gasteiger partial charge in [-0.05, 0) is 67.4 Å². The number of hydrogen-bond acceptors (Lipinski definition) is 1. The van der Waals surface area contributed by atoms with E-state index in [4.69, 9.17) is 18.0 Å². The Labute approximate surface area is 121 Å². The van der Waals surface area contributed by atoms with Gasteiger partial charge in [-0.2, -0.15) is 0 Å². The Kier molecular flexibility index (Phi) is 5.20. The Balaban J connectivity index is 1.90. The molecular weight excluding hydrogens is 252 g/mol. The molecule has 2 rings (SSSR count). The summed E-state index contributed by atoms with van der Waals surface area (Å²) in [5, 5.41) is 3.29. The van der Waals surface area contributed by atoms with E-state index in [2.05, 4.69) is 36.5 Å². The van der Waals surface area contributed by atoms with Crippen molar-refractivity contribution in [1.82, 2.24) is 0 Å². The SMILES string of the molecule is CCCC1CCC(c2ccc(NC(N)=S)cc2)CC1. The maximum absolute atomic E-state index is 5.47. The van der Waals surface area contributed by atoms with Crippen LogP contribution in [-0.2, 0) is 0 Å². The fraction of sp³-hybridized carbons (Fsp3) is 0.562. The summed E-state index contributed by atoms with van der Waals surface area (Å²) in [4.78, 5) is 0. The molecule has 0 spiro atoms. The molecule has 0 bridgehead atoms. The zero-order chi connectivity index (χ0) is 13.7. The average Bonchev–Trinajstić information content (AvgIpc) is 2.40. The maximum Gasteiger partial charge on any atom is 0.168 e. The van der Waals surface area contributed by atoms with Gasteiger partial charge in [-0.1, -0.05) is 31.9 Å². The summed E-state index contributed by atoms with van der Waals surface area (Å²) < 4.78 is 0. The van der Waals surface area contributed by atoms with Gasteiger partial charge in [0, 0.05) is 5.69 Å². The molecule has 1 aromatic carbocycles. The normalized spacial score (nSPS) is 23.0. The van der Waals surface area contributed by atoms with Crippen molar-refractivity contribution >= 4 is 23.0 Å². The number of rotatable bonds is 4. The molecule has 2 nitrogen and oxygen atoms in total. The number of nitrogens with one attached hydrogen (secondary N) is 1. The molecule has 0 amide bonds. The van der Waals surface area contributed by atoms with Gasteiger partial charge in [-0.3, -0.25) is 0 Å². The summed E-state index contributed by atoms with van der Waals surface area (Å²) in [5.74, 6) is 1.71. The van der Waals surface area contributed by atoms with Crippen LogP contribution < -0.4 is 11.1 Å². The minimum Gasteiger partial charge on any atom is -0.376 e. The van der Waals surface area contributed by atoms with Gasteiger partial charge in [-0.15, -0.1) is 0 Å². The van der Waals surface area contributed by atoms with Crippen LogP contribution in [0.3, 0.4) is 0 Å². The van der Waals surface area contributed by atoms with Gasteiger partial charge < -0.3 is 11.1 Å². The highest BCUT2D eigenvalue weighted by Gasteiger charge is 2.21. The van der Waals surface area contributed by atoms with E-state index in [-0.39, 0.29) is 0 Å². The molecule has 19 heavy (non-hydrogen) atoms. The quantitative estimate of drug-likeness (QED) is 0.800. The largest absolute Gasteiger partial charge is 0.376 e. The van der Waals surface area contributed by atoms with Gasteiger partial charge in [0.1, 0.15) is 0 Å². The molecule has 1 aliphatic rings. The van der Waals surface area contributed by atoms with E-state index < -0.39 is 0 Å². The molecule has 0 atom stereocenters. The zero-order valence-corrected chi connectivity index (χ0v) is 12.5. The lowest BCUT2D eigenvalue weighted by Gasteiger charge is -2.28. The van der Waals surface area contributed by atoms with Crippen molar-refractivity contribution in [3.8, 4) is 0 Å². The maximum atomic E-state index is 5.47. The van der Waals surface area contributed by atoms with Crippen LogP contribution in [0.1, 0.15) is 56.9 Å². The van der Waals surface area contributed by atoms with Crippen molar-refractivity contribution in [2.45, 2.75) is 51.4 Å². The van der Waals surface area contributed by atoms with Crippen molar-refractivity contribution in [3.63, 3.8) is 0 Å². The van der Waals surface area contributed by atoms with Crippen LogP contribution in [0.15, 0.2) is 24.3 Å². The smallest absolute Gasteiger partial charge is 0.168 e. The van der Waals surface area contributed by atoms with E-state index in [0.717, 1.165) is 17.5 Å². The Hall–Kier alpha value is -1.09. The molecular formula is C16H24N2S. The molecule has 0 aromatic heterocycles. The molecule has 1 aromatic rings. The molecule has 1 fully saturated rings. The van der Waals surface area contributed by atoms with Crippen LogP contribution in [0.5, 0.6) is 0 Å². The molecule has 0 radical (unpaired) electrons. The molecule has 0 saturated heterocycles. The molecule has 104 valence electrons. The summed E-state index contributed by atoms with van der Waals surface area (Å²) in [7, 11) is 0. The summed E-state index contributed by atoms with van der Waals surface area (Å²) in [6.45, 7) is 2.29. The molecule has 1 saturated carbocycles. The standard InChI is InChI=1S/C16H24N2S/c1-2-3-12-4-6-13(7-5-12)14-8-10-15(11-9-14)18-16(17)19/h8-13H,2-7H2,1H3,(H3,17,18,19). The van der Waals surface area contributed by atoms with Gasteiger partial charge in [0.15, 0.2) is 5.11 Å². The van der Waals surface area contributed by atoms with E-state index >= 15 is 0 Å². The average molecular weight is 276 g/mol. The fourth-order valence-electron chi connectivity index (χ4n) is 3.17. The first-order chi connectivity index (χ1) is 9.19. The number of nitrogens with two attached hydrogens (primary N) is 1. The van der Waals surface area contributed by atoms with Gasteiger partial charge >= 0.3 is 0 Å². The summed E-state index contributed by atoms with van der Waals surface area (Å²) in [5.41, 5.74) is 7.91. The number of thiocarbonyl (C=S) groups is 1. The van der Waals surface area contributed by atoms with Crippen LogP contribution in [-0.4, -0.2) is 5.11 Å². The fourth-order valence-corrected chi connectivity index (χ4v) is 3.29. The van der Waals surface area contributed by atoms with Crippen LogP contribution in [0.2, 0.25) is 0 Å². The summed E-state index contributed by atoms with van der Waals surface area (Å²) in [6.07, 6.45) is 8.20. The third-order valence-electron chi connectivity index (χ3n) is 4.19. The number of benzene rings is 1. The van der Waals surface area contributed by atoms with Gasteiger partial charge in [0.2, 0.25) is 0 Å². The topological polar surface area (TPSA) is 38.0 Å². The van der Waals surface area contributed by atoms with Crippen molar-refractivity contribution in [1.29, 1.82) is 0 Å². The van der Waals surface area contributed by atoms with E-state index in [9.17, 15) is 0 Å². The third-order valence-corrected chi connectivity index (χ3v) is 4.30. The zero-order valence-electron chi connectivity index (χ0n) is 11.7. The van der Waals surface area contributed by atoms with Crippen molar-refractivity contribution in [2.24, 2.45) is 11.7 Å². The molecule has 1 aliphatic carbocycles. The molecule has 3 N–H and O–H groups in total. The first kappa shape index (κ1) is 14.3. The lowest BCUT2D eigenvalue weighted by molar-refractivity contribution is 0.308. The van der Waals surface area contributed by atoms with Crippen molar-refractivity contribution in [2.75, 3.05) is 5.32 Å². The van der Waals surface area contributed by atoms with Crippen LogP contribution >= 0.6 is 12.2 Å². The van der Waals surface area contributed by atoms with Crippen molar-refractivity contribution in [3.05, 3.63) is 29.8 Å². The first-order valence-corrected chi connectivity index (χ1v) is 7.76. The minimum absolute atomic E-state index is 0.327. The second kappa shape index (κ2) is 6.90. The Morgan fingerprint density at radius 2 is 1.84 bits per heavy atom. The second-order valence-corrected chi connectivity index (χ2v) is 6.06. The van der Waals surface area contributed by atoms with E-state index in [1.165, 1.54) is 44.1 Å². The Bertz CT molecular complexity index is 405. The molecule has 0 heterocycles. The predicted molar refractivity (Wildman–Crippen MR) is 86.5 cm³/mol. The van der Waals surface area contributed by atoms with E-state index in [1.807, 2.05) is 0 Å². The van der Waals surface area contributed by atoms with Gasteiger partial charge in [0.25, 0.3) is 0 Å². The monoisotopic (exact) mass is 276 g/mol. The molecule has 0 unspecified atom stereocenters. The minimum atomic E-state index is 0.327. The highest BCUT2D eigenvalue weighted by atomic mass is 32.1. The van der Waals surface area contributed by atoms with Crippen LogP contribution in [0.25, 0.3) is 0 Å². The number of hydrogen-bond donors (Lipinski definition) is 2. The van der Waals surface area contributed by atoms with E-state index in [1.54, 1.807) is 0 Å². The Morgan fingerprint density at radius 1 is 1.21 bits per heavy atom. The lowest BCUT2D eigenvalue weighted by atomic mass is 9.77. The van der Waals surface area contributed by atoms with Crippen LogP contribution in [0, 0.1) is 5.92 Å². The van der Waals surface area contributed by atoms with Gasteiger partial charge in [0.05, 0.1) is 0 Å². The summed E-state index contributed by atoms with van der Waals surface area (Å²) >= 11 is 4.84. The number of anilines is 1. The first-order valence-electron chi connectivity index (χ1n) is 7.35. The predicted octanol–water partition coefficient (Wildman–Crippen LogP) is 4.42. The molecule has 3 heteroatoms. The highest BCUT2D eigenvalue weighted by Crippen LogP contribution is 2.37. The highest BCUT2D eigenvalue weighted by molar-refractivity contribution is 7.80. The third kappa shape index (κ3) is 4.20. The summed E-state index contributed by atoms with van der Waals surface area (Å²) in [6, 6.07) is 8.58. The van der Waals surface area contributed by atoms with Crippen LogP contribution in [0.4, 0.5) is 5.69 Å². The van der Waals surface area contributed by atoms with Gasteiger partial charge in [-0.25, -0.2) is 0 Å². The lowest BCUT2D eigenvalue weighted by Crippen LogP contribution is -2.18. The molecule has 0 aliphatic heterocycles. The second-order valence-electron chi connectivity index (χ2n) is 5.62. The van der Waals surface area contributed by atoms with E-state index in [0.29, 0.717) is 5.11 Å².